The van der Waals surface area contributed by atoms with Crippen LogP contribution in [0, 0.1) is 6.92 Å². The SMILES string of the molecule is Cc1nc2ccccc2n1CCNC(=O)c1ccn(C)c(=O)c1. The molecule has 0 bridgehead atoms. The number of amides is 1. The van der Waals surface area contributed by atoms with Gasteiger partial charge in [0, 0.05) is 38.0 Å². The number of para-hydroxylation sites is 2. The van der Waals surface area contributed by atoms with Crippen LogP contribution in [0.15, 0.2) is 47.4 Å². The summed E-state index contributed by atoms with van der Waals surface area (Å²) in [5, 5.41) is 2.84. The minimum absolute atomic E-state index is 0.200. The average Bonchev–Trinajstić information content (AvgIpc) is 2.86. The number of imidazole rings is 1. The van der Waals surface area contributed by atoms with Crippen molar-refractivity contribution < 1.29 is 4.79 Å². The predicted octanol–water partition coefficient (Wildman–Crippen LogP) is 1.47. The summed E-state index contributed by atoms with van der Waals surface area (Å²) in [5.74, 6) is 0.666. The lowest BCUT2D eigenvalue weighted by atomic mass is 10.2. The average molecular weight is 310 g/mol. The van der Waals surface area contributed by atoms with E-state index in [4.69, 9.17) is 0 Å². The Balaban J connectivity index is 1.69. The highest BCUT2D eigenvalue weighted by molar-refractivity contribution is 5.93. The summed E-state index contributed by atoms with van der Waals surface area (Å²) in [5.41, 5.74) is 2.17. The summed E-state index contributed by atoms with van der Waals surface area (Å²) in [7, 11) is 1.65. The Morgan fingerprint density at radius 2 is 2.04 bits per heavy atom. The largest absolute Gasteiger partial charge is 0.350 e. The van der Waals surface area contributed by atoms with E-state index < -0.39 is 0 Å². The molecule has 1 amide bonds. The van der Waals surface area contributed by atoms with Crippen LogP contribution in [-0.4, -0.2) is 26.6 Å². The maximum absolute atomic E-state index is 12.1. The fourth-order valence-electron chi connectivity index (χ4n) is 2.55. The molecule has 23 heavy (non-hydrogen) atoms. The molecule has 0 spiro atoms. The second-order valence-electron chi connectivity index (χ2n) is 5.42. The van der Waals surface area contributed by atoms with E-state index in [9.17, 15) is 9.59 Å². The van der Waals surface area contributed by atoms with E-state index in [1.54, 1.807) is 19.3 Å². The highest BCUT2D eigenvalue weighted by Crippen LogP contribution is 2.14. The monoisotopic (exact) mass is 310 g/mol. The number of rotatable bonds is 4. The summed E-state index contributed by atoms with van der Waals surface area (Å²) >= 11 is 0. The Kier molecular flexibility index (Phi) is 3.97. The summed E-state index contributed by atoms with van der Waals surface area (Å²) in [4.78, 5) is 28.2. The number of nitrogens with one attached hydrogen (secondary N) is 1. The van der Waals surface area contributed by atoms with E-state index in [0.29, 0.717) is 18.7 Å². The molecule has 0 radical (unpaired) electrons. The van der Waals surface area contributed by atoms with Crippen LogP contribution in [0.5, 0.6) is 0 Å². The Bertz CT molecular complexity index is 924. The number of hydrogen-bond acceptors (Lipinski definition) is 3. The van der Waals surface area contributed by atoms with Crippen LogP contribution in [0.25, 0.3) is 11.0 Å². The minimum Gasteiger partial charge on any atom is -0.350 e. The van der Waals surface area contributed by atoms with Gasteiger partial charge in [0.15, 0.2) is 0 Å². The molecule has 6 heteroatoms. The number of hydrogen-bond donors (Lipinski definition) is 1. The van der Waals surface area contributed by atoms with Gasteiger partial charge < -0.3 is 14.5 Å². The Morgan fingerprint density at radius 1 is 1.26 bits per heavy atom. The van der Waals surface area contributed by atoms with Crippen molar-refractivity contribution in [2.24, 2.45) is 7.05 Å². The first-order valence-electron chi connectivity index (χ1n) is 7.43. The number of nitrogens with zero attached hydrogens (tertiary/aromatic N) is 3. The van der Waals surface area contributed by atoms with Gasteiger partial charge in [0.25, 0.3) is 11.5 Å². The number of benzene rings is 1. The molecule has 0 aliphatic rings. The van der Waals surface area contributed by atoms with E-state index in [0.717, 1.165) is 16.9 Å². The van der Waals surface area contributed by atoms with Crippen molar-refractivity contribution in [1.82, 2.24) is 19.4 Å². The third-order valence-corrected chi connectivity index (χ3v) is 3.83. The number of pyridine rings is 1. The topological polar surface area (TPSA) is 68.9 Å². The lowest BCUT2D eigenvalue weighted by Gasteiger charge is -2.09. The van der Waals surface area contributed by atoms with Crippen molar-refractivity contribution in [3.8, 4) is 0 Å². The molecule has 1 aromatic carbocycles. The Labute approximate surface area is 133 Å². The zero-order valence-corrected chi connectivity index (χ0v) is 13.1. The van der Waals surface area contributed by atoms with Crippen molar-refractivity contribution >= 4 is 16.9 Å². The summed E-state index contributed by atoms with van der Waals surface area (Å²) < 4.78 is 3.50. The summed E-state index contributed by atoms with van der Waals surface area (Å²) in [6.07, 6.45) is 1.59. The van der Waals surface area contributed by atoms with Crippen LogP contribution in [0.4, 0.5) is 0 Å². The van der Waals surface area contributed by atoms with Gasteiger partial charge in [0.1, 0.15) is 5.82 Å². The standard InChI is InChI=1S/C17H18N4O2/c1-12-19-14-5-3-4-6-15(14)21(12)10-8-18-17(23)13-7-9-20(2)16(22)11-13/h3-7,9,11H,8,10H2,1-2H3,(H,18,23). The first-order chi connectivity index (χ1) is 11.1. The van der Waals surface area contributed by atoms with Crippen molar-refractivity contribution in [2.45, 2.75) is 13.5 Å². The zero-order chi connectivity index (χ0) is 16.4. The Morgan fingerprint density at radius 3 is 2.83 bits per heavy atom. The normalized spacial score (nSPS) is 10.9. The molecule has 3 rings (SSSR count). The molecule has 0 aliphatic carbocycles. The first-order valence-corrected chi connectivity index (χ1v) is 7.43. The highest BCUT2D eigenvalue weighted by atomic mass is 16.2. The van der Waals surface area contributed by atoms with Crippen molar-refractivity contribution in [3.05, 3.63) is 64.3 Å². The minimum atomic E-state index is -0.246. The van der Waals surface area contributed by atoms with Gasteiger partial charge in [-0.15, -0.1) is 0 Å². The number of aromatic nitrogens is 3. The molecule has 0 atom stereocenters. The number of carbonyl (C=O) groups excluding carboxylic acids is 1. The van der Waals surface area contributed by atoms with Gasteiger partial charge in [0.05, 0.1) is 11.0 Å². The molecule has 0 unspecified atom stereocenters. The van der Waals surface area contributed by atoms with Crippen molar-refractivity contribution in [2.75, 3.05) is 6.54 Å². The van der Waals surface area contributed by atoms with E-state index in [2.05, 4.69) is 14.9 Å². The smallest absolute Gasteiger partial charge is 0.251 e. The lowest BCUT2D eigenvalue weighted by Crippen LogP contribution is -2.29. The van der Waals surface area contributed by atoms with Crippen LogP contribution < -0.4 is 10.9 Å². The molecule has 0 fully saturated rings. The van der Waals surface area contributed by atoms with E-state index in [1.165, 1.54) is 10.6 Å². The zero-order valence-electron chi connectivity index (χ0n) is 13.1. The van der Waals surface area contributed by atoms with Gasteiger partial charge in [-0.2, -0.15) is 0 Å². The molecule has 2 aromatic heterocycles. The number of aryl methyl sites for hydroxylation is 2. The van der Waals surface area contributed by atoms with E-state index in [-0.39, 0.29) is 11.5 Å². The molecule has 3 aromatic rings. The quantitative estimate of drug-likeness (QED) is 0.793. The lowest BCUT2D eigenvalue weighted by molar-refractivity contribution is 0.0952. The van der Waals surface area contributed by atoms with Gasteiger partial charge in [-0.05, 0) is 25.1 Å². The second kappa shape index (κ2) is 6.08. The van der Waals surface area contributed by atoms with Crippen LogP contribution in [-0.2, 0) is 13.6 Å². The summed E-state index contributed by atoms with van der Waals surface area (Å²) in [6.45, 7) is 3.04. The van der Waals surface area contributed by atoms with Crippen LogP contribution in [0.3, 0.4) is 0 Å². The molecular weight excluding hydrogens is 292 g/mol. The molecule has 6 nitrogen and oxygen atoms in total. The van der Waals surface area contributed by atoms with E-state index in [1.807, 2.05) is 31.2 Å². The maximum atomic E-state index is 12.1. The van der Waals surface area contributed by atoms with Gasteiger partial charge in [-0.1, -0.05) is 12.1 Å². The van der Waals surface area contributed by atoms with Gasteiger partial charge in [-0.25, -0.2) is 4.98 Å². The number of fused-ring (bicyclic) bond motifs is 1. The van der Waals surface area contributed by atoms with Gasteiger partial charge >= 0.3 is 0 Å². The fourth-order valence-corrected chi connectivity index (χ4v) is 2.55. The molecule has 118 valence electrons. The van der Waals surface area contributed by atoms with Crippen molar-refractivity contribution in [3.63, 3.8) is 0 Å². The number of carbonyl (C=O) groups is 1. The molecule has 0 saturated carbocycles. The van der Waals surface area contributed by atoms with Crippen LogP contribution in [0.1, 0.15) is 16.2 Å². The molecule has 1 N–H and O–H groups in total. The fraction of sp³-hybridized carbons (Fsp3) is 0.235. The molecule has 0 saturated heterocycles. The summed E-state index contributed by atoms with van der Waals surface area (Å²) in [6, 6.07) is 10.9. The molecule has 0 aliphatic heterocycles. The maximum Gasteiger partial charge on any atom is 0.251 e. The first kappa shape index (κ1) is 15.0. The third kappa shape index (κ3) is 3.01. The van der Waals surface area contributed by atoms with Gasteiger partial charge in [0.2, 0.25) is 0 Å². The van der Waals surface area contributed by atoms with Crippen LogP contribution >= 0.6 is 0 Å². The molecular formula is C17H18N4O2. The third-order valence-electron chi connectivity index (χ3n) is 3.83. The highest BCUT2D eigenvalue weighted by Gasteiger charge is 2.09. The van der Waals surface area contributed by atoms with Crippen LogP contribution in [0.2, 0.25) is 0 Å². The van der Waals surface area contributed by atoms with E-state index >= 15 is 0 Å². The molecule has 2 heterocycles. The van der Waals surface area contributed by atoms with Crippen molar-refractivity contribution in [1.29, 1.82) is 0 Å². The van der Waals surface area contributed by atoms with Gasteiger partial charge in [-0.3, -0.25) is 9.59 Å². The predicted molar refractivity (Wildman–Crippen MR) is 88.5 cm³/mol. The second-order valence-corrected chi connectivity index (χ2v) is 5.42. The Hall–Kier alpha value is -2.89.